The highest BCUT2D eigenvalue weighted by atomic mass is 32.1. The number of ether oxygens (including phenoxy) is 1. The van der Waals surface area contributed by atoms with Crippen molar-refractivity contribution in [2.45, 2.75) is 26.2 Å². The largest absolute Gasteiger partial charge is 0.379 e. The summed E-state index contributed by atoms with van der Waals surface area (Å²) >= 11 is 1.68. The Labute approximate surface area is 124 Å². The highest BCUT2D eigenvalue weighted by molar-refractivity contribution is 7.09. The number of nitrogens with zero attached hydrogens (tertiary/aromatic N) is 2. The van der Waals surface area contributed by atoms with Crippen LogP contribution in [0.5, 0.6) is 0 Å². The summed E-state index contributed by atoms with van der Waals surface area (Å²) < 4.78 is 5.26. The number of rotatable bonds is 6. The van der Waals surface area contributed by atoms with Crippen LogP contribution in [0.2, 0.25) is 0 Å². The van der Waals surface area contributed by atoms with Gasteiger partial charge in [0, 0.05) is 31.4 Å². The molecule has 0 saturated carbocycles. The minimum absolute atomic E-state index is 0.0903. The molecule has 1 fully saturated rings. The van der Waals surface area contributed by atoms with Crippen molar-refractivity contribution >= 4 is 17.2 Å². The van der Waals surface area contributed by atoms with Gasteiger partial charge in [0.05, 0.1) is 30.5 Å². The van der Waals surface area contributed by atoms with Gasteiger partial charge in [-0.2, -0.15) is 0 Å². The molecule has 1 aliphatic rings. The van der Waals surface area contributed by atoms with Crippen molar-refractivity contribution in [1.29, 1.82) is 0 Å². The van der Waals surface area contributed by atoms with E-state index in [1.807, 2.05) is 0 Å². The maximum atomic E-state index is 11.8. The Kier molecular flexibility index (Phi) is 5.94. The van der Waals surface area contributed by atoms with Gasteiger partial charge in [0.1, 0.15) is 0 Å². The molecule has 0 unspecified atom stereocenters. The molecule has 0 bridgehead atoms. The lowest BCUT2D eigenvalue weighted by Gasteiger charge is -2.25. The predicted molar refractivity (Wildman–Crippen MR) is 80.2 cm³/mol. The van der Waals surface area contributed by atoms with Crippen LogP contribution < -0.4 is 5.32 Å². The first kappa shape index (κ1) is 15.4. The van der Waals surface area contributed by atoms with Crippen LogP contribution in [0.4, 0.5) is 0 Å². The van der Waals surface area contributed by atoms with Gasteiger partial charge in [-0.25, -0.2) is 4.98 Å². The second kappa shape index (κ2) is 7.71. The second-order valence-electron chi connectivity index (χ2n) is 5.31. The number of carbonyl (C=O) groups excluding carboxylic acids is 1. The highest BCUT2D eigenvalue weighted by Crippen LogP contribution is 2.17. The van der Waals surface area contributed by atoms with E-state index in [-0.39, 0.29) is 5.91 Å². The van der Waals surface area contributed by atoms with Crippen LogP contribution in [0.1, 0.15) is 30.5 Å². The second-order valence-corrected chi connectivity index (χ2v) is 6.25. The molecule has 1 N–H and O–H groups in total. The smallest absolute Gasteiger partial charge is 0.234 e. The summed E-state index contributed by atoms with van der Waals surface area (Å²) in [6.45, 7) is 8.56. The van der Waals surface area contributed by atoms with E-state index in [4.69, 9.17) is 4.74 Å². The number of aromatic nitrogens is 1. The zero-order valence-corrected chi connectivity index (χ0v) is 13.0. The molecule has 0 radical (unpaired) electrons. The third-order valence-corrected chi connectivity index (χ3v) is 4.22. The van der Waals surface area contributed by atoms with Gasteiger partial charge in [-0.15, -0.1) is 11.3 Å². The van der Waals surface area contributed by atoms with Crippen LogP contribution in [0, 0.1) is 0 Å². The van der Waals surface area contributed by atoms with Gasteiger partial charge < -0.3 is 10.1 Å². The van der Waals surface area contributed by atoms with E-state index in [0.717, 1.165) is 43.4 Å². The van der Waals surface area contributed by atoms with Crippen molar-refractivity contribution in [2.75, 3.05) is 39.4 Å². The lowest BCUT2D eigenvalue weighted by molar-refractivity contribution is -0.123. The molecule has 6 heteroatoms. The van der Waals surface area contributed by atoms with E-state index < -0.39 is 0 Å². The van der Waals surface area contributed by atoms with Crippen molar-refractivity contribution in [3.05, 3.63) is 16.1 Å². The standard InChI is InChI=1S/C14H23N3O2S/c1-11(2)12-10-20-14(16-12)3-4-15-13(18)9-17-5-7-19-8-6-17/h10-11H,3-9H2,1-2H3,(H,15,18). The number of thiazole rings is 1. The highest BCUT2D eigenvalue weighted by Gasteiger charge is 2.13. The number of nitrogens with one attached hydrogen (secondary N) is 1. The normalized spacial score (nSPS) is 16.6. The van der Waals surface area contributed by atoms with E-state index in [1.165, 1.54) is 0 Å². The molecule has 1 amide bonds. The minimum atomic E-state index is 0.0903. The van der Waals surface area contributed by atoms with Gasteiger partial charge in [-0.1, -0.05) is 13.8 Å². The lowest BCUT2D eigenvalue weighted by Crippen LogP contribution is -2.43. The van der Waals surface area contributed by atoms with Crippen molar-refractivity contribution in [2.24, 2.45) is 0 Å². The summed E-state index contributed by atoms with van der Waals surface area (Å²) in [5.74, 6) is 0.559. The topological polar surface area (TPSA) is 54.5 Å². The molecule has 0 spiro atoms. The third kappa shape index (κ3) is 4.85. The van der Waals surface area contributed by atoms with Crippen molar-refractivity contribution in [1.82, 2.24) is 15.2 Å². The van der Waals surface area contributed by atoms with E-state index in [2.05, 4.69) is 34.4 Å². The maximum Gasteiger partial charge on any atom is 0.234 e. The van der Waals surface area contributed by atoms with Crippen LogP contribution in [-0.2, 0) is 16.0 Å². The van der Waals surface area contributed by atoms with Gasteiger partial charge in [-0.3, -0.25) is 9.69 Å². The van der Waals surface area contributed by atoms with Crippen LogP contribution >= 0.6 is 11.3 Å². The average molecular weight is 297 g/mol. The summed E-state index contributed by atoms with van der Waals surface area (Å²) in [4.78, 5) is 18.5. The molecule has 1 aliphatic heterocycles. The van der Waals surface area contributed by atoms with Crippen molar-refractivity contribution in [3.63, 3.8) is 0 Å². The molecular weight excluding hydrogens is 274 g/mol. The fourth-order valence-corrected chi connectivity index (χ4v) is 2.99. The van der Waals surface area contributed by atoms with Crippen molar-refractivity contribution < 1.29 is 9.53 Å². The SMILES string of the molecule is CC(C)c1csc(CCNC(=O)CN2CCOCC2)n1. The summed E-state index contributed by atoms with van der Waals surface area (Å²) in [5, 5.41) is 6.17. The molecule has 20 heavy (non-hydrogen) atoms. The molecule has 5 nitrogen and oxygen atoms in total. The number of amides is 1. The van der Waals surface area contributed by atoms with Crippen LogP contribution in [0.3, 0.4) is 0 Å². The first-order valence-electron chi connectivity index (χ1n) is 7.16. The van der Waals surface area contributed by atoms with Crippen molar-refractivity contribution in [3.8, 4) is 0 Å². The number of morpholine rings is 1. The Bertz CT molecular complexity index is 428. The lowest BCUT2D eigenvalue weighted by atomic mass is 10.2. The number of hydrogen-bond acceptors (Lipinski definition) is 5. The quantitative estimate of drug-likeness (QED) is 0.859. The molecule has 0 aromatic carbocycles. The predicted octanol–water partition coefficient (Wildman–Crippen LogP) is 1.26. The van der Waals surface area contributed by atoms with E-state index in [1.54, 1.807) is 11.3 Å². The number of hydrogen-bond donors (Lipinski definition) is 1. The van der Waals surface area contributed by atoms with Gasteiger partial charge >= 0.3 is 0 Å². The Hall–Kier alpha value is -0.980. The maximum absolute atomic E-state index is 11.8. The Morgan fingerprint density at radius 3 is 2.90 bits per heavy atom. The fraction of sp³-hybridized carbons (Fsp3) is 0.714. The van der Waals surface area contributed by atoms with E-state index >= 15 is 0 Å². The van der Waals surface area contributed by atoms with Crippen LogP contribution in [0.25, 0.3) is 0 Å². The summed E-state index contributed by atoms with van der Waals surface area (Å²) in [7, 11) is 0. The van der Waals surface area contributed by atoms with Crippen LogP contribution in [0.15, 0.2) is 5.38 Å². The number of carbonyl (C=O) groups is 1. The Morgan fingerprint density at radius 1 is 1.50 bits per heavy atom. The van der Waals surface area contributed by atoms with E-state index in [9.17, 15) is 4.79 Å². The van der Waals surface area contributed by atoms with Gasteiger partial charge in [0.25, 0.3) is 0 Å². The minimum Gasteiger partial charge on any atom is -0.379 e. The van der Waals surface area contributed by atoms with Gasteiger partial charge in [-0.05, 0) is 5.92 Å². The molecule has 1 aromatic heterocycles. The Balaban J connectivity index is 1.65. The molecule has 0 aliphatic carbocycles. The fourth-order valence-electron chi connectivity index (χ4n) is 2.03. The zero-order chi connectivity index (χ0) is 14.4. The molecular formula is C14H23N3O2S. The third-order valence-electron chi connectivity index (χ3n) is 3.29. The van der Waals surface area contributed by atoms with Gasteiger partial charge in [0.2, 0.25) is 5.91 Å². The summed E-state index contributed by atoms with van der Waals surface area (Å²) in [6, 6.07) is 0. The zero-order valence-electron chi connectivity index (χ0n) is 12.2. The van der Waals surface area contributed by atoms with Crippen LogP contribution in [-0.4, -0.2) is 55.2 Å². The molecule has 0 atom stereocenters. The molecule has 1 aromatic rings. The summed E-state index contributed by atoms with van der Waals surface area (Å²) in [5.41, 5.74) is 1.14. The van der Waals surface area contributed by atoms with Gasteiger partial charge in [0.15, 0.2) is 0 Å². The average Bonchev–Trinajstić information content (AvgIpc) is 2.89. The Morgan fingerprint density at radius 2 is 2.25 bits per heavy atom. The molecule has 2 rings (SSSR count). The first-order valence-corrected chi connectivity index (χ1v) is 8.04. The van der Waals surface area contributed by atoms with E-state index in [0.29, 0.717) is 19.0 Å². The monoisotopic (exact) mass is 297 g/mol. The molecule has 2 heterocycles. The summed E-state index contributed by atoms with van der Waals surface area (Å²) in [6.07, 6.45) is 0.812. The first-order chi connectivity index (χ1) is 9.65. The molecule has 112 valence electrons. The molecule has 1 saturated heterocycles.